The van der Waals surface area contributed by atoms with Crippen LogP contribution < -0.4 is 20.2 Å². The zero-order valence-corrected chi connectivity index (χ0v) is 21.2. The van der Waals surface area contributed by atoms with E-state index in [-0.39, 0.29) is 18.4 Å². The van der Waals surface area contributed by atoms with Crippen LogP contribution in [0.1, 0.15) is 34.2 Å². The molecule has 0 aliphatic carbocycles. The van der Waals surface area contributed by atoms with Crippen LogP contribution in [0.15, 0.2) is 65.8 Å². The van der Waals surface area contributed by atoms with E-state index in [1.54, 1.807) is 30.3 Å². The largest absolute Gasteiger partial charge is 0.493 e. The summed E-state index contributed by atoms with van der Waals surface area (Å²) >= 11 is 0. The van der Waals surface area contributed by atoms with Gasteiger partial charge < -0.3 is 19.4 Å². The number of hydrogen-bond donors (Lipinski definition) is 2. The van der Waals surface area contributed by atoms with E-state index in [1.807, 2.05) is 44.2 Å². The van der Waals surface area contributed by atoms with E-state index in [0.29, 0.717) is 28.3 Å². The molecular weight excluding hydrogens is 470 g/mol. The first kappa shape index (κ1) is 25.4. The Morgan fingerprint density at radius 3 is 2.54 bits per heavy atom. The van der Waals surface area contributed by atoms with Crippen LogP contribution in [0.3, 0.4) is 0 Å². The molecule has 0 fully saturated rings. The Morgan fingerprint density at radius 1 is 1.03 bits per heavy atom. The van der Waals surface area contributed by atoms with Crippen LogP contribution in [0.4, 0.5) is 5.69 Å². The first-order chi connectivity index (χ1) is 17.9. The molecule has 1 aromatic heterocycles. The Kier molecular flexibility index (Phi) is 7.83. The number of nitrogens with zero attached hydrogens (tertiary/aromatic N) is 3. The van der Waals surface area contributed by atoms with Crippen LogP contribution in [0, 0.1) is 13.8 Å². The average Bonchev–Trinajstić information content (AvgIpc) is 3.22. The van der Waals surface area contributed by atoms with Crippen LogP contribution in [0.5, 0.6) is 11.5 Å². The third-order valence-electron chi connectivity index (χ3n) is 5.78. The number of rotatable bonds is 9. The van der Waals surface area contributed by atoms with Gasteiger partial charge in [0.05, 0.1) is 24.4 Å². The monoisotopic (exact) mass is 499 g/mol. The first-order valence-electron chi connectivity index (χ1n) is 11.9. The van der Waals surface area contributed by atoms with Gasteiger partial charge in [-0.2, -0.15) is 5.10 Å². The van der Waals surface area contributed by atoms with Crippen molar-refractivity contribution in [1.29, 1.82) is 0 Å². The lowest BCUT2D eigenvalue weighted by Crippen LogP contribution is -2.20. The number of hydrazone groups is 1. The predicted molar refractivity (Wildman–Crippen MR) is 144 cm³/mol. The molecule has 4 rings (SSSR count). The normalized spacial score (nSPS) is 11.0. The number of methoxy groups -OCH3 is 1. The van der Waals surface area contributed by atoms with Crippen molar-refractivity contribution >= 4 is 34.7 Å². The lowest BCUT2D eigenvalue weighted by molar-refractivity contribution is -0.118. The van der Waals surface area contributed by atoms with Gasteiger partial charge in [0.2, 0.25) is 0 Å². The number of carbonyl (C=O) groups is 2. The fourth-order valence-electron chi connectivity index (χ4n) is 3.88. The fourth-order valence-corrected chi connectivity index (χ4v) is 3.88. The second kappa shape index (κ2) is 11.4. The number of carbonyl (C=O) groups excluding carboxylic acids is 2. The Labute approximate surface area is 215 Å². The predicted octanol–water partition coefficient (Wildman–Crippen LogP) is 4.46. The standard InChI is InChI=1S/C28H29N5O4/c1-5-33-19(3)30-23-15-21(9-12-24(23)33)28(35)32-29-16-20-8-13-25(26(14-20)36-4)37-17-27(34)31-22-10-6-18(2)7-11-22/h6-16H,5,17H2,1-4H3,(H,31,34)(H,32,35). The minimum atomic E-state index is -0.339. The van der Waals surface area contributed by atoms with Crippen LogP contribution in [0.2, 0.25) is 0 Å². The number of ether oxygens (including phenoxy) is 2. The summed E-state index contributed by atoms with van der Waals surface area (Å²) in [6, 6.07) is 18.0. The maximum Gasteiger partial charge on any atom is 0.271 e. The minimum absolute atomic E-state index is 0.173. The summed E-state index contributed by atoms with van der Waals surface area (Å²) in [5.41, 5.74) is 7.25. The van der Waals surface area contributed by atoms with Crippen molar-refractivity contribution in [2.45, 2.75) is 27.3 Å². The molecule has 37 heavy (non-hydrogen) atoms. The maximum atomic E-state index is 12.6. The van der Waals surface area contributed by atoms with Gasteiger partial charge in [-0.1, -0.05) is 17.7 Å². The lowest BCUT2D eigenvalue weighted by Gasteiger charge is -2.11. The minimum Gasteiger partial charge on any atom is -0.493 e. The van der Waals surface area contributed by atoms with E-state index < -0.39 is 0 Å². The number of nitrogens with one attached hydrogen (secondary N) is 2. The Bertz CT molecular complexity index is 1460. The van der Waals surface area contributed by atoms with Gasteiger partial charge in [-0.05, 0) is 74.9 Å². The number of amides is 2. The van der Waals surface area contributed by atoms with Gasteiger partial charge in [0.1, 0.15) is 5.82 Å². The van der Waals surface area contributed by atoms with Gasteiger partial charge in [0, 0.05) is 17.8 Å². The van der Waals surface area contributed by atoms with Crippen LogP contribution in [0.25, 0.3) is 11.0 Å². The first-order valence-corrected chi connectivity index (χ1v) is 11.9. The molecule has 3 aromatic carbocycles. The summed E-state index contributed by atoms with van der Waals surface area (Å²) in [5.74, 6) is 1.13. The van der Waals surface area contributed by atoms with E-state index in [4.69, 9.17) is 9.47 Å². The highest BCUT2D eigenvalue weighted by atomic mass is 16.5. The van der Waals surface area contributed by atoms with Crippen molar-refractivity contribution in [3.63, 3.8) is 0 Å². The molecule has 9 nitrogen and oxygen atoms in total. The van der Waals surface area contributed by atoms with E-state index in [0.717, 1.165) is 29.0 Å². The van der Waals surface area contributed by atoms with Gasteiger partial charge in [-0.15, -0.1) is 0 Å². The number of hydrogen-bond acceptors (Lipinski definition) is 6. The van der Waals surface area contributed by atoms with Crippen molar-refractivity contribution in [3.05, 3.63) is 83.2 Å². The molecule has 0 radical (unpaired) electrons. The van der Waals surface area contributed by atoms with Crippen LogP contribution in [-0.2, 0) is 11.3 Å². The van der Waals surface area contributed by atoms with Crippen molar-refractivity contribution < 1.29 is 19.1 Å². The molecule has 2 N–H and O–H groups in total. The quantitative estimate of drug-likeness (QED) is 0.261. The third kappa shape index (κ3) is 6.13. The second-order valence-electron chi connectivity index (χ2n) is 8.42. The molecule has 0 saturated heterocycles. The third-order valence-corrected chi connectivity index (χ3v) is 5.78. The molecule has 0 unspecified atom stereocenters. The topological polar surface area (TPSA) is 107 Å². The van der Waals surface area contributed by atoms with E-state index in [9.17, 15) is 9.59 Å². The van der Waals surface area contributed by atoms with E-state index in [2.05, 4.69) is 32.3 Å². The van der Waals surface area contributed by atoms with E-state index in [1.165, 1.54) is 13.3 Å². The maximum absolute atomic E-state index is 12.6. The molecule has 0 saturated carbocycles. The van der Waals surface area contributed by atoms with E-state index >= 15 is 0 Å². The Hall–Kier alpha value is -4.66. The molecule has 0 aliphatic rings. The van der Waals surface area contributed by atoms with Crippen LogP contribution >= 0.6 is 0 Å². The van der Waals surface area contributed by atoms with Gasteiger partial charge in [0.15, 0.2) is 18.1 Å². The molecular formula is C28H29N5O4. The summed E-state index contributed by atoms with van der Waals surface area (Å²) in [6.45, 7) is 6.62. The molecule has 9 heteroatoms. The lowest BCUT2D eigenvalue weighted by atomic mass is 10.2. The Morgan fingerprint density at radius 2 is 1.81 bits per heavy atom. The SMILES string of the molecule is CCn1c(C)nc2cc(C(=O)NN=Cc3ccc(OCC(=O)Nc4ccc(C)cc4)c(OC)c3)ccc21. The molecule has 190 valence electrons. The number of anilines is 1. The number of aryl methyl sites for hydroxylation is 3. The average molecular weight is 500 g/mol. The molecule has 0 spiro atoms. The van der Waals surface area contributed by atoms with Crippen molar-refractivity contribution in [3.8, 4) is 11.5 Å². The van der Waals surface area contributed by atoms with Crippen molar-refractivity contribution in [2.24, 2.45) is 5.10 Å². The second-order valence-corrected chi connectivity index (χ2v) is 8.42. The highest BCUT2D eigenvalue weighted by Crippen LogP contribution is 2.27. The molecule has 0 atom stereocenters. The Balaban J connectivity index is 1.35. The van der Waals surface area contributed by atoms with Gasteiger partial charge in [0.25, 0.3) is 11.8 Å². The van der Waals surface area contributed by atoms with Gasteiger partial charge in [-0.25, -0.2) is 10.4 Å². The number of fused-ring (bicyclic) bond motifs is 1. The highest BCUT2D eigenvalue weighted by Gasteiger charge is 2.11. The number of imidazole rings is 1. The smallest absolute Gasteiger partial charge is 0.271 e. The molecule has 2 amide bonds. The van der Waals surface area contributed by atoms with Crippen molar-refractivity contribution in [1.82, 2.24) is 15.0 Å². The van der Waals surface area contributed by atoms with Crippen LogP contribution in [-0.4, -0.2) is 41.3 Å². The number of aromatic nitrogens is 2. The summed E-state index contributed by atoms with van der Waals surface area (Å²) in [6.07, 6.45) is 1.50. The summed E-state index contributed by atoms with van der Waals surface area (Å²) in [7, 11) is 1.51. The zero-order valence-electron chi connectivity index (χ0n) is 21.2. The highest BCUT2D eigenvalue weighted by molar-refractivity contribution is 5.98. The molecule has 4 aromatic rings. The van der Waals surface area contributed by atoms with Gasteiger partial charge in [-0.3, -0.25) is 9.59 Å². The summed E-state index contributed by atoms with van der Waals surface area (Å²) < 4.78 is 13.1. The number of benzene rings is 3. The summed E-state index contributed by atoms with van der Waals surface area (Å²) in [4.78, 5) is 29.3. The summed E-state index contributed by atoms with van der Waals surface area (Å²) in [5, 5.41) is 6.84. The molecule has 0 bridgehead atoms. The molecule has 1 heterocycles. The van der Waals surface area contributed by atoms with Gasteiger partial charge >= 0.3 is 0 Å². The fraction of sp³-hybridized carbons (Fsp3) is 0.214. The molecule has 0 aliphatic heterocycles. The zero-order chi connectivity index (χ0) is 26.4. The van der Waals surface area contributed by atoms with Crippen molar-refractivity contribution in [2.75, 3.05) is 19.0 Å².